The third-order valence-corrected chi connectivity index (χ3v) is 4.19. The predicted molar refractivity (Wildman–Crippen MR) is 107 cm³/mol. The van der Waals surface area contributed by atoms with E-state index in [0.29, 0.717) is 24.1 Å². The summed E-state index contributed by atoms with van der Waals surface area (Å²) in [5.74, 6) is 0.482. The zero-order chi connectivity index (χ0) is 18.3. The van der Waals surface area contributed by atoms with E-state index in [0.717, 1.165) is 27.8 Å². The molecule has 26 heavy (non-hydrogen) atoms. The Labute approximate surface area is 171 Å². The summed E-state index contributed by atoms with van der Waals surface area (Å²) in [6.45, 7) is 1.19. The van der Waals surface area contributed by atoms with E-state index in [4.69, 9.17) is 4.74 Å². The molecule has 0 amide bonds. The van der Waals surface area contributed by atoms with Gasteiger partial charge in [-0.25, -0.2) is 4.98 Å². The number of ether oxygens (including phenoxy) is 1. The van der Waals surface area contributed by atoms with Crippen molar-refractivity contribution in [2.75, 3.05) is 14.2 Å². The normalized spacial score (nSPS) is 11.8. The summed E-state index contributed by atoms with van der Waals surface area (Å²) < 4.78 is 42.8. The number of guanidine groups is 1. The van der Waals surface area contributed by atoms with Crippen LogP contribution in [0.2, 0.25) is 0 Å². The van der Waals surface area contributed by atoms with Crippen LogP contribution >= 0.6 is 35.3 Å². The van der Waals surface area contributed by atoms with Gasteiger partial charge in [0.05, 0.1) is 13.2 Å². The van der Waals surface area contributed by atoms with Gasteiger partial charge >= 0.3 is 6.18 Å². The van der Waals surface area contributed by atoms with Crippen LogP contribution in [-0.2, 0) is 30.6 Å². The molecule has 1 aromatic carbocycles. The number of aromatic nitrogens is 1. The number of aliphatic imine (C=N–C) groups is 1. The van der Waals surface area contributed by atoms with Gasteiger partial charge in [0.1, 0.15) is 5.01 Å². The number of rotatable bonds is 6. The Balaban J connectivity index is 0.00000338. The highest BCUT2D eigenvalue weighted by atomic mass is 127. The van der Waals surface area contributed by atoms with Gasteiger partial charge in [0.15, 0.2) is 11.7 Å². The molecule has 144 valence electrons. The van der Waals surface area contributed by atoms with Crippen LogP contribution in [0.5, 0.6) is 0 Å². The van der Waals surface area contributed by atoms with Crippen molar-refractivity contribution >= 4 is 41.3 Å². The lowest BCUT2D eigenvalue weighted by atomic mass is 10.1. The molecule has 0 aliphatic carbocycles. The zero-order valence-corrected chi connectivity index (χ0v) is 17.4. The smallest absolute Gasteiger partial charge is 0.380 e. The van der Waals surface area contributed by atoms with E-state index in [2.05, 4.69) is 20.6 Å². The number of halogens is 4. The minimum absolute atomic E-state index is 0. The number of thiazole rings is 1. The minimum atomic E-state index is -4.42. The van der Waals surface area contributed by atoms with Crippen molar-refractivity contribution in [2.45, 2.75) is 25.9 Å². The molecule has 10 heteroatoms. The Morgan fingerprint density at radius 1 is 1.19 bits per heavy atom. The van der Waals surface area contributed by atoms with Crippen LogP contribution in [0.25, 0.3) is 0 Å². The van der Waals surface area contributed by atoms with Crippen LogP contribution < -0.4 is 10.6 Å². The molecule has 0 radical (unpaired) electrons. The van der Waals surface area contributed by atoms with Gasteiger partial charge in [-0.3, -0.25) is 4.99 Å². The van der Waals surface area contributed by atoms with E-state index in [9.17, 15) is 13.2 Å². The number of hydrogen-bond acceptors (Lipinski definition) is 4. The standard InChI is InChI=1S/C16H19F3N4OS.HI/c1-20-15(21-7-11-5-3-4-6-12(11)9-24-2)22-8-14-23-13(10-25-14)16(17,18)19;/h3-6,10H,7-9H2,1-2H3,(H2,20,21,22);1H. The van der Waals surface area contributed by atoms with Crippen molar-refractivity contribution < 1.29 is 17.9 Å². The van der Waals surface area contributed by atoms with E-state index in [1.807, 2.05) is 24.3 Å². The van der Waals surface area contributed by atoms with Crippen LogP contribution in [0.1, 0.15) is 21.8 Å². The molecular weight excluding hydrogens is 480 g/mol. The summed E-state index contributed by atoms with van der Waals surface area (Å²) in [6, 6.07) is 7.82. The lowest BCUT2D eigenvalue weighted by Crippen LogP contribution is -2.36. The second-order valence-electron chi connectivity index (χ2n) is 5.11. The third-order valence-electron chi connectivity index (χ3n) is 3.34. The highest BCUT2D eigenvalue weighted by Crippen LogP contribution is 2.29. The van der Waals surface area contributed by atoms with Crippen molar-refractivity contribution in [1.82, 2.24) is 15.6 Å². The van der Waals surface area contributed by atoms with E-state index in [1.54, 1.807) is 14.2 Å². The maximum absolute atomic E-state index is 12.6. The summed E-state index contributed by atoms with van der Waals surface area (Å²) >= 11 is 0.959. The Morgan fingerprint density at radius 2 is 1.85 bits per heavy atom. The molecule has 2 N–H and O–H groups in total. The number of methoxy groups -OCH3 is 1. The van der Waals surface area contributed by atoms with E-state index in [-0.39, 0.29) is 30.5 Å². The van der Waals surface area contributed by atoms with Crippen LogP contribution in [0.3, 0.4) is 0 Å². The van der Waals surface area contributed by atoms with Gasteiger partial charge in [-0.2, -0.15) is 13.2 Å². The van der Waals surface area contributed by atoms with Gasteiger partial charge < -0.3 is 15.4 Å². The fourth-order valence-corrected chi connectivity index (χ4v) is 2.85. The molecule has 0 fully saturated rings. The molecule has 0 unspecified atom stereocenters. The lowest BCUT2D eigenvalue weighted by molar-refractivity contribution is -0.140. The average Bonchev–Trinajstić information content (AvgIpc) is 3.06. The quantitative estimate of drug-likeness (QED) is 0.360. The van der Waals surface area contributed by atoms with Crippen LogP contribution in [-0.4, -0.2) is 25.1 Å². The summed E-state index contributed by atoms with van der Waals surface area (Å²) in [4.78, 5) is 7.64. The average molecular weight is 500 g/mol. The van der Waals surface area contributed by atoms with Crippen LogP contribution in [0.4, 0.5) is 13.2 Å². The number of nitrogens with one attached hydrogen (secondary N) is 2. The molecule has 0 aliphatic rings. The molecule has 1 aromatic heterocycles. The second-order valence-corrected chi connectivity index (χ2v) is 6.05. The van der Waals surface area contributed by atoms with Crippen molar-refractivity contribution in [3.63, 3.8) is 0 Å². The highest BCUT2D eigenvalue weighted by molar-refractivity contribution is 14.0. The minimum Gasteiger partial charge on any atom is -0.380 e. The monoisotopic (exact) mass is 500 g/mol. The third kappa shape index (κ3) is 6.72. The first-order valence-electron chi connectivity index (χ1n) is 7.46. The summed E-state index contributed by atoms with van der Waals surface area (Å²) in [7, 11) is 3.23. The van der Waals surface area contributed by atoms with Gasteiger partial charge in [0.2, 0.25) is 0 Å². The van der Waals surface area contributed by atoms with E-state index in [1.165, 1.54) is 0 Å². The topological polar surface area (TPSA) is 58.5 Å². The maximum atomic E-state index is 12.6. The van der Waals surface area contributed by atoms with Gasteiger partial charge in [-0.1, -0.05) is 24.3 Å². The fraction of sp³-hybridized carbons (Fsp3) is 0.375. The van der Waals surface area contributed by atoms with Gasteiger partial charge in [-0.15, -0.1) is 35.3 Å². The number of benzene rings is 1. The zero-order valence-electron chi connectivity index (χ0n) is 14.3. The van der Waals surface area contributed by atoms with Gasteiger partial charge in [0.25, 0.3) is 0 Å². The molecule has 0 spiro atoms. The molecule has 0 aliphatic heterocycles. The molecule has 0 atom stereocenters. The molecule has 0 bridgehead atoms. The largest absolute Gasteiger partial charge is 0.434 e. The van der Waals surface area contributed by atoms with Crippen LogP contribution in [0.15, 0.2) is 34.6 Å². The van der Waals surface area contributed by atoms with Crippen LogP contribution in [0, 0.1) is 0 Å². The molecule has 2 rings (SSSR count). The lowest BCUT2D eigenvalue weighted by Gasteiger charge is -2.13. The highest BCUT2D eigenvalue weighted by Gasteiger charge is 2.33. The maximum Gasteiger partial charge on any atom is 0.434 e. The SMILES string of the molecule is CN=C(NCc1nc(C(F)(F)F)cs1)NCc1ccccc1COC.I. The van der Waals surface area contributed by atoms with Crippen molar-refractivity contribution in [1.29, 1.82) is 0 Å². The van der Waals surface area contributed by atoms with Gasteiger partial charge in [0, 0.05) is 26.1 Å². The summed E-state index contributed by atoms with van der Waals surface area (Å²) in [5.41, 5.74) is 1.24. The molecule has 0 saturated heterocycles. The van der Waals surface area contributed by atoms with Crippen molar-refractivity contribution in [3.8, 4) is 0 Å². The van der Waals surface area contributed by atoms with E-state index < -0.39 is 11.9 Å². The number of nitrogens with zero attached hydrogens (tertiary/aromatic N) is 2. The Hall–Kier alpha value is -1.40. The van der Waals surface area contributed by atoms with Crippen molar-refractivity contribution in [3.05, 3.63) is 51.5 Å². The Kier molecular flexibility index (Phi) is 9.30. The summed E-state index contributed by atoms with van der Waals surface area (Å²) in [6.07, 6.45) is -4.42. The molecular formula is C16H20F3IN4OS. The number of hydrogen-bond donors (Lipinski definition) is 2. The van der Waals surface area contributed by atoms with Gasteiger partial charge in [-0.05, 0) is 11.1 Å². The number of alkyl halides is 3. The molecule has 0 saturated carbocycles. The first-order chi connectivity index (χ1) is 11.9. The first kappa shape index (κ1) is 22.6. The first-order valence-corrected chi connectivity index (χ1v) is 8.34. The Morgan fingerprint density at radius 3 is 2.42 bits per heavy atom. The fourth-order valence-electron chi connectivity index (χ4n) is 2.11. The molecule has 5 nitrogen and oxygen atoms in total. The Bertz CT molecular complexity index is 722. The predicted octanol–water partition coefficient (Wildman–Crippen LogP) is 3.79. The molecule has 2 aromatic rings. The van der Waals surface area contributed by atoms with E-state index >= 15 is 0 Å². The summed E-state index contributed by atoms with van der Waals surface area (Å²) in [5, 5.41) is 7.44. The second kappa shape index (κ2) is 10.7. The molecule has 1 heterocycles. The van der Waals surface area contributed by atoms with Crippen molar-refractivity contribution in [2.24, 2.45) is 4.99 Å².